The van der Waals surface area contributed by atoms with Crippen LogP contribution in [-0.2, 0) is 5.41 Å². The Labute approximate surface area is 152 Å². The second-order valence-electron chi connectivity index (χ2n) is 7.53. The molecule has 0 bridgehead atoms. The first-order chi connectivity index (χ1) is 12.5. The van der Waals surface area contributed by atoms with Gasteiger partial charge in [-0.3, -0.25) is 4.79 Å². The van der Waals surface area contributed by atoms with Crippen LogP contribution in [0.4, 0.5) is 0 Å². The van der Waals surface area contributed by atoms with Crippen molar-refractivity contribution in [3.63, 3.8) is 0 Å². The maximum absolute atomic E-state index is 13.0. The smallest absolute Gasteiger partial charge is 0.259 e. The minimum Gasteiger partial charge on any atom is -0.351 e. The van der Waals surface area contributed by atoms with Gasteiger partial charge in [0.1, 0.15) is 0 Å². The average molecular weight is 349 g/mol. The first-order valence-corrected chi connectivity index (χ1v) is 9.11. The zero-order valence-corrected chi connectivity index (χ0v) is 15.4. The van der Waals surface area contributed by atoms with Crippen LogP contribution in [0.2, 0.25) is 0 Å². The Morgan fingerprint density at radius 3 is 2.65 bits per heavy atom. The summed E-state index contributed by atoms with van der Waals surface area (Å²) in [6.45, 7) is 6.58. The van der Waals surface area contributed by atoms with Gasteiger partial charge in [0.15, 0.2) is 0 Å². The van der Waals surface area contributed by atoms with Gasteiger partial charge in [0, 0.05) is 17.7 Å². The molecule has 1 N–H and O–H groups in total. The number of hydrogen-bond donors (Lipinski definition) is 1. The van der Waals surface area contributed by atoms with Gasteiger partial charge in [0.2, 0.25) is 0 Å². The summed E-state index contributed by atoms with van der Waals surface area (Å²) in [5.74, 6) is 0.114. The Kier molecular flexibility index (Phi) is 4.02. The third-order valence-corrected chi connectivity index (χ3v) is 5.30. The summed E-state index contributed by atoms with van der Waals surface area (Å²) in [5.41, 5.74) is 3.93. The summed E-state index contributed by atoms with van der Waals surface area (Å²) < 4.78 is 5.32. The fourth-order valence-corrected chi connectivity index (χ4v) is 3.44. The average Bonchev–Trinajstić information content (AvgIpc) is 3.36. The molecular weight excluding hydrogens is 326 g/mol. The highest BCUT2D eigenvalue weighted by Crippen LogP contribution is 2.47. The van der Waals surface area contributed by atoms with Crippen LogP contribution in [0.3, 0.4) is 0 Å². The molecule has 1 aliphatic carbocycles. The summed E-state index contributed by atoms with van der Waals surface area (Å²) in [7, 11) is 0. The zero-order chi connectivity index (χ0) is 18.3. The standard InChI is InChI=1S/C21H23N3O2/c1-13(2)17-11-16(18-14(3)24-26-20(18)23-17)19(25)22-12-21(9-10-21)15-7-5-4-6-8-15/h4-8,11,13H,9-10,12H2,1-3H3,(H,22,25). The fraction of sp³-hybridized carbons (Fsp3) is 0.381. The summed E-state index contributed by atoms with van der Waals surface area (Å²) in [5, 5.41) is 7.83. The van der Waals surface area contributed by atoms with Crippen LogP contribution in [0.25, 0.3) is 11.1 Å². The maximum Gasteiger partial charge on any atom is 0.259 e. The van der Waals surface area contributed by atoms with E-state index < -0.39 is 0 Å². The van der Waals surface area contributed by atoms with Crippen molar-refractivity contribution >= 4 is 17.0 Å². The molecule has 26 heavy (non-hydrogen) atoms. The summed E-state index contributed by atoms with van der Waals surface area (Å²) in [4.78, 5) is 17.5. The molecule has 0 aliphatic heterocycles. The lowest BCUT2D eigenvalue weighted by molar-refractivity contribution is 0.0951. The zero-order valence-electron chi connectivity index (χ0n) is 15.4. The SMILES string of the molecule is Cc1noc2nc(C(C)C)cc(C(=O)NCC3(c4ccccc4)CC3)c12. The number of pyridine rings is 1. The van der Waals surface area contributed by atoms with Gasteiger partial charge in [-0.1, -0.05) is 49.3 Å². The van der Waals surface area contributed by atoms with Crippen molar-refractivity contribution in [3.8, 4) is 0 Å². The number of aryl methyl sites for hydroxylation is 1. The van der Waals surface area contributed by atoms with Crippen LogP contribution in [0, 0.1) is 6.92 Å². The fourth-order valence-electron chi connectivity index (χ4n) is 3.44. The Morgan fingerprint density at radius 2 is 2.00 bits per heavy atom. The van der Waals surface area contributed by atoms with Crippen molar-refractivity contribution in [1.29, 1.82) is 0 Å². The number of aromatic nitrogens is 2. The topological polar surface area (TPSA) is 68.0 Å². The Hall–Kier alpha value is -2.69. The van der Waals surface area contributed by atoms with E-state index in [-0.39, 0.29) is 17.2 Å². The number of carbonyl (C=O) groups is 1. The molecule has 2 aromatic heterocycles. The van der Waals surface area contributed by atoms with Crippen LogP contribution in [-0.4, -0.2) is 22.6 Å². The lowest BCUT2D eigenvalue weighted by Gasteiger charge is -2.17. The van der Waals surface area contributed by atoms with Crippen molar-refractivity contribution in [2.24, 2.45) is 0 Å². The number of carbonyl (C=O) groups excluding carboxylic acids is 1. The Balaban J connectivity index is 1.61. The van der Waals surface area contributed by atoms with E-state index in [4.69, 9.17) is 4.52 Å². The molecule has 0 saturated heterocycles. The quantitative estimate of drug-likeness (QED) is 0.752. The van der Waals surface area contributed by atoms with Gasteiger partial charge in [0.25, 0.3) is 11.6 Å². The number of nitrogens with one attached hydrogen (secondary N) is 1. The van der Waals surface area contributed by atoms with Crippen molar-refractivity contribution in [1.82, 2.24) is 15.5 Å². The Bertz CT molecular complexity index is 956. The van der Waals surface area contributed by atoms with Gasteiger partial charge < -0.3 is 9.84 Å². The number of rotatable bonds is 5. The largest absolute Gasteiger partial charge is 0.351 e. The maximum atomic E-state index is 13.0. The van der Waals surface area contributed by atoms with Gasteiger partial charge >= 0.3 is 0 Å². The van der Waals surface area contributed by atoms with E-state index in [1.54, 1.807) is 0 Å². The third-order valence-electron chi connectivity index (χ3n) is 5.30. The second-order valence-corrected chi connectivity index (χ2v) is 7.53. The predicted molar refractivity (Wildman–Crippen MR) is 100 cm³/mol. The van der Waals surface area contributed by atoms with Gasteiger partial charge in [0.05, 0.1) is 16.6 Å². The normalized spacial score (nSPS) is 15.4. The molecule has 3 aromatic rings. The molecule has 1 aliphatic rings. The highest BCUT2D eigenvalue weighted by atomic mass is 16.5. The molecule has 4 rings (SSSR count). The summed E-state index contributed by atoms with van der Waals surface area (Å²) in [6.07, 6.45) is 2.21. The van der Waals surface area contributed by atoms with Gasteiger partial charge in [-0.25, -0.2) is 4.98 Å². The van der Waals surface area contributed by atoms with Crippen LogP contribution in [0.1, 0.15) is 59.9 Å². The molecule has 1 fully saturated rings. The van der Waals surface area contributed by atoms with Crippen molar-refractivity contribution in [2.45, 2.75) is 44.9 Å². The van der Waals surface area contributed by atoms with E-state index in [0.29, 0.717) is 28.9 Å². The van der Waals surface area contributed by atoms with Gasteiger partial charge in [-0.15, -0.1) is 0 Å². The number of nitrogens with zero attached hydrogens (tertiary/aromatic N) is 2. The van der Waals surface area contributed by atoms with E-state index >= 15 is 0 Å². The van der Waals surface area contributed by atoms with E-state index in [9.17, 15) is 4.79 Å². The molecule has 134 valence electrons. The first kappa shape index (κ1) is 16.8. The molecule has 1 saturated carbocycles. The lowest BCUT2D eigenvalue weighted by atomic mass is 9.95. The number of fused-ring (bicyclic) bond motifs is 1. The Morgan fingerprint density at radius 1 is 1.27 bits per heavy atom. The molecule has 1 amide bonds. The van der Waals surface area contributed by atoms with E-state index in [1.807, 2.05) is 32.9 Å². The molecule has 0 spiro atoms. The van der Waals surface area contributed by atoms with Gasteiger partial charge in [-0.2, -0.15) is 0 Å². The highest BCUT2D eigenvalue weighted by Gasteiger charge is 2.44. The van der Waals surface area contributed by atoms with E-state index in [0.717, 1.165) is 18.5 Å². The third kappa shape index (κ3) is 2.87. The summed E-state index contributed by atoms with van der Waals surface area (Å²) >= 11 is 0. The first-order valence-electron chi connectivity index (χ1n) is 9.11. The molecule has 0 unspecified atom stereocenters. The molecule has 0 atom stereocenters. The predicted octanol–water partition coefficient (Wildman–Crippen LogP) is 4.12. The number of hydrogen-bond acceptors (Lipinski definition) is 4. The second kappa shape index (κ2) is 6.24. The molecule has 5 heteroatoms. The molecule has 0 radical (unpaired) electrons. The minimum atomic E-state index is -0.0900. The molecule has 1 aromatic carbocycles. The molecule has 2 heterocycles. The van der Waals surface area contributed by atoms with Crippen LogP contribution in [0.5, 0.6) is 0 Å². The van der Waals surface area contributed by atoms with Crippen molar-refractivity contribution < 1.29 is 9.32 Å². The van der Waals surface area contributed by atoms with Crippen LogP contribution in [0.15, 0.2) is 40.9 Å². The number of amides is 1. The van der Waals surface area contributed by atoms with E-state index in [1.165, 1.54) is 5.56 Å². The minimum absolute atomic E-state index is 0.0770. The number of benzene rings is 1. The monoisotopic (exact) mass is 349 g/mol. The van der Waals surface area contributed by atoms with Crippen molar-refractivity contribution in [3.05, 3.63) is 58.9 Å². The van der Waals surface area contributed by atoms with E-state index in [2.05, 4.69) is 39.7 Å². The highest BCUT2D eigenvalue weighted by molar-refractivity contribution is 6.06. The van der Waals surface area contributed by atoms with Crippen molar-refractivity contribution in [2.75, 3.05) is 6.54 Å². The van der Waals surface area contributed by atoms with Crippen LogP contribution >= 0.6 is 0 Å². The molecular formula is C21H23N3O2. The van der Waals surface area contributed by atoms with Gasteiger partial charge in [-0.05, 0) is 37.3 Å². The molecule has 5 nitrogen and oxygen atoms in total. The summed E-state index contributed by atoms with van der Waals surface area (Å²) in [6, 6.07) is 12.3. The van der Waals surface area contributed by atoms with Crippen LogP contribution < -0.4 is 5.32 Å². The lowest BCUT2D eigenvalue weighted by Crippen LogP contribution is -2.32.